The Kier molecular flexibility index (Phi) is 7.57. The van der Waals surface area contributed by atoms with Crippen molar-refractivity contribution in [3.05, 3.63) is 118 Å². The summed E-state index contributed by atoms with van der Waals surface area (Å²) in [5, 5.41) is 7.24. The number of nitrogens with zero attached hydrogens (tertiary/aromatic N) is 2. The normalized spacial score (nSPS) is 10.6. The highest BCUT2D eigenvalue weighted by Crippen LogP contribution is 2.14. The Labute approximate surface area is 204 Å². The smallest absolute Gasteiger partial charge is 0.271 e. The van der Waals surface area contributed by atoms with Gasteiger partial charge in [-0.05, 0) is 60.9 Å². The van der Waals surface area contributed by atoms with Crippen molar-refractivity contribution in [3.63, 3.8) is 0 Å². The first-order chi connectivity index (χ1) is 17.0. The predicted octanol–water partition coefficient (Wildman–Crippen LogP) is 4.10. The molecule has 3 aromatic carbocycles. The fourth-order valence-corrected chi connectivity index (χ4v) is 3.47. The zero-order chi connectivity index (χ0) is 24.6. The lowest BCUT2D eigenvalue weighted by Gasteiger charge is -2.10. The quantitative estimate of drug-likeness (QED) is 0.399. The summed E-state index contributed by atoms with van der Waals surface area (Å²) in [6, 6.07) is 25.4. The van der Waals surface area contributed by atoms with Crippen molar-refractivity contribution in [1.82, 2.24) is 15.1 Å². The van der Waals surface area contributed by atoms with Gasteiger partial charge in [0.05, 0.1) is 12.8 Å². The van der Waals surface area contributed by atoms with Gasteiger partial charge >= 0.3 is 0 Å². The Morgan fingerprint density at radius 1 is 0.886 bits per heavy atom. The third-order valence-corrected chi connectivity index (χ3v) is 5.52. The van der Waals surface area contributed by atoms with Crippen LogP contribution in [0.3, 0.4) is 0 Å². The van der Waals surface area contributed by atoms with E-state index in [4.69, 9.17) is 9.47 Å². The molecule has 0 fully saturated rings. The van der Waals surface area contributed by atoms with Crippen LogP contribution in [0.25, 0.3) is 5.69 Å². The minimum atomic E-state index is -0.294. The molecule has 0 saturated heterocycles. The highest BCUT2D eigenvalue weighted by Gasteiger charge is 2.08. The molecule has 1 aromatic heterocycles. The molecular weight excluding hydrogens is 442 g/mol. The summed E-state index contributed by atoms with van der Waals surface area (Å²) in [4.78, 5) is 24.9. The molecule has 0 spiro atoms. The molecule has 1 amide bonds. The van der Waals surface area contributed by atoms with Crippen LogP contribution < -0.4 is 20.3 Å². The first-order valence-corrected chi connectivity index (χ1v) is 11.3. The zero-order valence-electron chi connectivity index (χ0n) is 19.7. The average Bonchev–Trinajstić information content (AvgIpc) is 2.89. The van der Waals surface area contributed by atoms with E-state index in [0.29, 0.717) is 30.3 Å². The molecule has 4 aromatic rings. The van der Waals surface area contributed by atoms with Crippen molar-refractivity contribution in [2.75, 3.05) is 13.7 Å². The van der Waals surface area contributed by atoms with Crippen LogP contribution in [0.4, 0.5) is 0 Å². The summed E-state index contributed by atoms with van der Waals surface area (Å²) in [5.41, 5.74) is 4.09. The van der Waals surface area contributed by atoms with E-state index in [-0.39, 0.29) is 11.5 Å². The monoisotopic (exact) mass is 469 g/mol. The van der Waals surface area contributed by atoms with Gasteiger partial charge in [0.1, 0.15) is 12.4 Å². The van der Waals surface area contributed by atoms with E-state index in [0.717, 1.165) is 17.7 Å². The lowest BCUT2D eigenvalue weighted by Crippen LogP contribution is -2.26. The van der Waals surface area contributed by atoms with Gasteiger partial charge in [0.25, 0.3) is 11.5 Å². The molecule has 0 atom stereocenters. The molecule has 178 valence electrons. The van der Waals surface area contributed by atoms with Gasteiger partial charge in [-0.25, -0.2) is 0 Å². The topological polar surface area (TPSA) is 82.5 Å². The van der Waals surface area contributed by atoms with Crippen LogP contribution in [0.5, 0.6) is 11.6 Å². The second-order valence-corrected chi connectivity index (χ2v) is 8.10. The Bertz CT molecular complexity index is 1330. The van der Waals surface area contributed by atoms with Gasteiger partial charge in [-0.15, -0.1) is 5.10 Å². The fourth-order valence-electron chi connectivity index (χ4n) is 3.47. The summed E-state index contributed by atoms with van der Waals surface area (Å²) in [7, 11) is 1.62. The third kappa shape index (κ3) is 6.35. The number of methoxy groups -OCH3 is 1. The van der Waals surface area contributed by atoms with Crippen LogP contribution in [0.2, 0.25) is 0 Å². The molecule has 0 bridgehead atoms. The molecule has 7 heteroatoms. The molecule has 0 aliphatic heterocycles. The van der Waals surface area contributed by atoms with Crippen molar-refractivity contribution >= 4 is 5.91 Å². The van der Waals surface area contributed by atoms with Crippen LogP contribution in [0, 0.1) is 6.92 Å². The number of aryl methyl sites for hydroxylation is 1. The maximum atomic E-state index is 12.5. The number of ether oxygens (including phenoxy) is 2. The molecule has 1 heterocycles. The standard InChI is InChI=1S/C28H27N3O4/c1-20-3-5-21(6-4-20)17-18-29-28(33)23-9-11-24(12-10-23)31-27(32)16-15-26(30-31)35-19-22-7-13-25(34-2)14-8-22/h3-16H,17-19H2,1-2H3,(H,29,33). The van der Waals surface area contributed by atoms with E-state index in [9.17, 15) is 9.59 Å². The second-order valence-electron chi connectivity index (χ2n) is 8.10. The largest absolute Gasteiger partial charge is 0.497 e. The molecule has 35 heavy (non-hydrogen) atoms. The van der Waals surface area contributed by atoms with Crippen molar-refractivity contribution in [3.8, 4) is 17.3 Å². The first-order valence-electron chi connectivity index (χ1n) is 11.3. The summed E-state index contributed by atoms with van der Waals surface area (Å²) in [6.07, 6.45) is 0.757. The van der Waals surface area contributed by atoms with E-state index in [1.807, 2.05) is 31.2 Å². The molecule has 4 rings (SSSR count). The Morgan fingerprint density at radius 2 is 1.57 bits per heavy atom. The summed E-state index contributed by atoms with van der Waals surface area (Å²) < 4.78 is 12.2. The van der Waals surface area contributed by atoms with E-state index in [2.05, 4.69) is 34.7 Å². The fraction of sp³-hybridized carbons (Fsp3) is 0.179. The average molecular weight is 470 g/mol. The van der Waals surface area contributed by atoms with Crippen molar-refractivity contribution in [1.29, 1.82) is 0 Å². The Hall–Kier alpha value is -4.39. The highest BCUT2D eigenvalue weighted by molar-refractivity contribution is 5.94. The van der Waals surface area contributed by atoms with Gasteiger partial charge in [0.15, 0.2) is 0 Å². The van der Waals surface area contributed by atoms with Gasteiger partial charge < -0.3 is 14.8 Å². The minimum Gasteiger partial charge on any atom is -0.497 e. The molecule has 0 unspecified atom stereocenters. The summed E-state index contributed by atoms with van der Waals surface area (Å²) in [5.74, 6) is 0.919. The maximum absolute atomic E-state index is 12.5. The number of amides is 1. The maximum Gasteiger partial charge on any atom is 0.271 e. The molecule has 0 radical (unpaired) electrons. The van der Waals surface area contributed by atoms with E-state index in [1.165, 1.54) is 27.9 Å². The number of hydrogen-bond donors (Lipinski definition) is 1. The van der Waals surface area contributed by atoms with E-state index < -0.39 is 0 Å². The van der Waals surface area contributed by atoms with E-state index in [1.54, 1.807) is 31.4 Å². The zero-order valence-corrected chi connectivity index (χ0v) is 19.7. The van der Waals surface area contributed by atoms with Crippen molar-refractivity contribution in [2.24, 2.45) is 0 Å². The second kappa shape index (κ2) is 11.2. The number of benzene rings is 3. The Morgan fingerprint density at radius 3 is 2.26 bits per heavy atom. The van der Waals surface area contributed by atoms with Crippen LogP contribution in [0.15, 0.2) is 89.7 Å². The first kappa shape index (κ1) is 23.8. The van der Waals surface area contributed by atoms with Crippen LogP contribution in [-0.4, -0.2) is 29.3 Å². The molecular formula is C28H27N3O4. The van der Waals surface area contributed by atoms with E-state index >= 15 is 0 Å². The molecule has 0 aliphatic rings. The Balaban J connectivity index is 1.37. The van der Waals surface area contributed by atoms with Gasteiger partial charge in [-0.1, -0.05) is 42.0 Å². The van der Waals surface area contributed by atoms with Gasteiger partial charge in [-0.3, -0.25) is 9.59 Å². The SMILES string of the molecule is COc1ccc(COc2ccc(=O)n(-c3ccc(C(=O)NCCc4ccc(C)cc4)cc3)n2)cc1. The molecule has 1 N–H and O–H groups in total. The summed E-state index contributed by atoms with van der Waals surface area (Å²) >= 11 is 0. The third-order valence-electron chi connectivity index (χ3n) is 5.52. The van der Waals surface area contributed by atoms with Gasteiger partial charge in [0.2, 0.25) is 5.88 Å². The van der Waals surface area contributed by atoms with Crippen molar-refractivity contribution in [2.45, 2.75) is 20.0 Å². The summed E-state index contributed by atoms with van der Waals surface area (Å²) in [6.45, 7) is 2.89. The van der Waals surface area contributed by atoms with Gasteiger partial charge in [0, 0.05) is 24.2 Å². The number of carbonyl (C=O) groups excluding carboxylic acids is 1. The van der Waals surface area contributed by atoms with Crippen molar-refractivity contribution < 1.29 is 14.3 Å². The van der Waals surface area contributed by atoms with Gasteiger partial charge in [-0.2, -0.15) is 4.68 Å². The number of aromatic nitrogens is 2. The number of rotatable bonds is 9. The number of nitrogens with one attached hydrogen (secondary N) is 1. The number of hydrogen-bond acceptors (Lipinski definition) is 5. The lowest BCUT2D eigenvalue weighted by atomic mass is 10.1. The molecule has 7 nitrogen and oxygen atoms in total. The number of carbonyl (C=O) groups is 1. The molecule has 0 aliphatic carbocycles. The highest BCUT2D eigenvalue weighted by atomic mass is 16.5. The van der Waals surface area contributed by atoms with Crippen LogP contribution in [-0.2, 0) is 13.0 Å². The van der Waals surface area contributed by atoms with Crippen LogP contribution >= 0.6 is 0 Å². The minimum absolute atomic E-state index is 0.166. The van der Waals surface area contributed by atoms with Crippen LogP contribution in [0.1, 0.15) is 27.0 Å². The lowest BCUT2D eigenvalue weighted by molar-refractivity contribution is 0.0954. The molecule has 0 saturated carbocycles. The predicted molar refractivity (Wildman–Crippen MR) is 134 cm³/mol.